The van der Waals surface area contributed by atoms with E-state index in [0.29, 0.717) is 34.5 Å². The van der Waals surface area contributed by atoms with Gasteiger partial charge in [-0.15, -0.1) is 0 Å². The number of nitrogens with zero attached hydrogens (tertiary/aromatic N) is 5. The molecule has 3 atom stereocenters. The smallest absolute Gasteiger partial charge is 0.319 e. The van der Waals surface area contributed by atoms with Crippen molar-refractivity contribution >= 4 is 28.8 Å². The molecular formula is C30H37FN8O4. The molecule has 0 aliphatic carbocycles. The number of aromatic nitrogens is 4. The van der Waals surface area contributed by atoms with Crippen molar-refractivity contribution in [2.24, 2.45) is 0 Å². The molecule has 5 rings (SSSR count). The van der Waals surface area contributed by atoms with E-state index in [4.69, 9.17) is 4.52 Å². The molecular weight excluding hydrogens is 555 g/mol. The van der Waals surface area contributed by atoms with Crippen LogP contribution in [0.2, 0.25) is 0 Å². The van der Waals surface area contributed by atoms with Gasteiger partial charge in [0.2, 0.25) is 0 Å². The van der Waals surface area contributed by atoms with Crippen LogP contribution in [0.4, 0.5) is 15.0 Å². The summed E-state index contributed by atoms with van der Waals surface area (Å²) in [6.45, 7) is 7.29. The molecule has 4 N–H and O–H groups in total. The van der Waals surface area contributed by atoms with Gasteiger partial charge in [0.05, 0.1) is 11.4 Å². The molecule has 228 valence electrons. The maximum atomic E-state index is 15.5. The van der Waals surface area contributed by atoms with Gasteiger partial charge in [-0.25, -0.2) is 14.2 Å². The summed E-state index contributed by atoms with van der Waals surface area (Å²) in [7, 11) is 3.49. The number of carbonyl (C=O) groups is 2. The Hall–Kier alpha value is -4.52. The van der Waals surface area contributed by atoms with Gasteiger partial charge in [0.15, 0.2) is 22.9 Å². The number of nitrogens with one attached hydrogen (secondary N) is 3. The van der Waals surface area contributed by atoms with Crippen LogP contribution < -0.4 is 10.6 Å². The summed E-state index contributed by atoms with van der Waals surface area (Å²) in [6, 6.07) is 7.41. The number of aromatic amines is 1. The van der Waals surface area contributed by atoms with Gasteiger partial charge in [0.25, 0.3) is 5.91 Å². The molecule has 43 heavy (non-hydrogen) atoms. The molecule has 1 aliphatic rings. The number of likely N-dealkylation sites (tertiary alicyclic amines) is 1. The number of anilines is 1. The van der Waals surface area contributed by atoms with Gasteiger partial charge < -0.3 is 30.1 Å². The lowest BCUT2D eigenvalue weighted by molar-refractivity contribution is 0.0474. The van der Waals surface area contributed by atoms with E-state index in [9.17, 15) is 14.7 Å². The number of rotatable bonds is 7. The molecule has 0 saturated carbocycles. The molecule has 1 aliphatic heterocycles. The molecule has 0 radical (unpaired) electrons. The van der Waals surface area contributed by atoms with Gasteiger partial charge in [-0.1, -0.05) is 17.3 Å². The third kappa shape index (κ3) is 6.17. The first-order valence-electron chi connectivity index (χ1n) is 14.2. The van der Waals surface area contributed by atoms with E-state index in [1.54, 1.807) is 50.3 Å². The van der Waals surface area contributed by atoms with Gasteiger partial charge in [-0.3, -0.25) is 9.89 Å². The first-order chi connectivity index (χ1) is 20.3. The van der Waals surface area contributed by atoms with E-state index >= 15 is 4.39 Å². The van der Waals surface area contributed by atoms with Gasteiger partial charge in [-0.05, 0) is 63.8 Å². The van der Waals surface area contributed by atoms with E-state index < -0.39 is 23.4 Å². The van der Waals surface area contributed by atoms with E-state index in [1.807, 2.05) is 4.90 Å². The van der Waals surface area contributed by atoms with Crippen molar-refractivity contribution < 1.29 is 23.6 Å². The Labute approximate surface area is 248 Å². The molecule has 1 fully saturated rings. The standard InChI is InChI=1S/C30H37FN8O4/c1-16-7-9-19(15-39(16)29(41)38(5)6)34-27-25-21(11-12-32-26(25)35-36-27)18-8-10-20(22(31)13-18)17(2)33-28(40)23-14-24(43-37-23)30(3,4)42/h8,10-14,16-17,19,42H,7,9,15H2,1-6H3,(H,33,40)(H2,32,34,35,36)/t16-,17+,19+/m0/s1. The van der Waals surface area contributed by atoms with Crippen molar-refractivity contribution in [2.45, 2.75) is 64.3 Å². The predicted molar refractivity (Wildman–Crippen MR) is 159 cm³/mol. The topological polar surface area (TPSA) is 153 Å². The Morgan fingerprint density at radius 3 is 2.67 bits per heavy atom. The summed E-state index contributed by atoms with van der Waals surface area (Å²) < 4.78 is 20.6. The fraction of sp³-hybridized carbons (Fsp3) is 0.433. The number of urea groups is 1. The van der Waals surface area contributed by atoms with Crippen molar-refractivity contribution in [2.75, 3.05) is 26.0 Å². The number of hydrogen-bond acceptors (Lipinski definition) is 8. The van der Waals surface area contributed by atoms with Gasteiger partial charge in [0.1, 0.15) is 11.4 Å². The SMILES string of the molecule is C[C@@H](NC(=O)c1cc(C(C)(C)O)on1)c1ccc(-c2ccnc3[nH]nc(N[C@@H]4CC[C@H](C)N(C(=O)N(C)C)C4)c23)cc1F. The third-order valence-corrected chi connectivity index (χ3v) is 7.78. The molecule has 3 amide bonds. The lowest BCUT2D eigenvalue weighted by atomic mass is 9.98. The molecule has 12 nitrogen and oxygen atoms in total. The number of aliphatic hydroxyl groups is 1. The van der Waals surface area contributed by atoms with Crippen LogP contribution >= 0.6 is 0 Å². The van der Waals surface area contributed by atoms with Crippen LogP contribution in [0.25, 0.3) is 22.2 Å². The number of piperidine rings is 1. The second kappa shape index (κ2) is 11.6. The molecule has 13 heteroatoms. The van der Waals surface area contributed by atoms with Crippen LogP contribution in [0.5, 0.6) is 0 Å². The minimum atomic E-state index is -1.29. The normalized spacial score (nSPS) is 18.0. The highest BCUT2D eigenvalue weighted by molar-refractivity contribution is 6.00. The van der Waals surface area contributed by atoms with Crippen molar-refractivity contribution in [3.63, 3.8) is 0 Å². The number of H-pyrrole nitrogens is 1. The quantitative estimate of drug-likeness (QED) is 0.246. The van der Waals surface area contributed by atoms with Crippen LogP contribution in [0.1, 0.15) is 68.4 Å². The van der Waals surface area contributed by atoms with E-state index in [0.717, 1.165) is 18.4 Å². The Kier molecular flexibility index (Phi) is 8.10. The van der Waals surface area contributed by atoms with E-state index in [-0.39, 0.29) is 29.6 Å². The number of fused-ring (bicyclic) bond motifs is 1. The fourth-order valence-corrected chi connectivity index (χ4v) is 5.30. The zero-order valence-corrected chi connectivity index (χ0v) is 25.1. The molecule has 0 spiro atoms. The zero-order chi connectivity index (χ0) is 31.1. The second-order valence-corrected chi connectivity index (χ2v) is 11.8. The summed E-state index contributed by atoms with van der Waals surface area (Å²) in [5.74, 6) is -0.319. The van der Waals surface area contributed by atoms with Crippen molar-refractivity contribution in [3.05, 3.63) is 59.4 Å². The molecule has 0 bridgehead atoms. The van der Waals surface area contributed by atoms with Crippen molar-refractivity contribution in [1.82, 2.24) is 35.5 Å². The van der Waals surface area contributed by atoms with Crippen LogP contribution in [0.3, 0.4) is 0 Å². The lowest BCUT2D eigenvalue weighted by Crippen LogP contribution is -2.52. The Balaban J connectivity index is 1.36. The molecule has 4 heterocycles. The van der Waals surface area contributed by atoms with Crippen LogP contribution in [-0.4, -0.2) is 79.9 Å². The number of benzene rings is 1. The fourth-order valence-electron chi connectivity index (χ4n) is 5.30. The average molecular weight is 593 g/mol. The van der Waals surface area contributed by atoms with Gasteiger partial charge in [0, 0.05) is 50.6 Å². The number of amides is 3. The number of pyridine rings is 1. The Morgan fingerprint density at radius 2 is 2.00 bits per heavy atom. The highest BCUT2D eigenvalue weighted by Gasteiger charge is 2.31. The first kappa shape index (κ1) is 30.0. The lowest BCUT2D eigenvalue weighted by Gasteiger charge is -2.39. The molecule has 1 saturated heterocycles. The van der Waals surface area contributed by atoms with Gasteiger partial charge in [-0.2, -0.15) is 5.10 Å². The van der Waals surface area contributed by atoms with Crippen LogP contribution in [-0.2, 0) is 5.60 Å². The summed E-state index contributed by atoms with van der Waals surface area (Å²) in [4.78, 5) is 33.3. The zero-order valence-electron chi connectivity index (χ0n) is 25.1. The monoisotopic (exact) mass is 592 g/mol. The summed E-state index contributed by atoms with van der Waals surface area (Å²) in [5.41, 5.74) is 0.888. The van der Waals surface area contributed by atoms with Crippen LogP contribution in [0, 0.1) is 5.82 Å². The van der Waals surface area contributed by atoms with Crippen molar-refractivity contribution in [3.8, 4) is 11.1 Å². The maximum Gasteiger partial charge on any atom is 0.319 e. The maximum absolute atomic E-state index is 15.5. The average Bonchev–Trinajstić information content (AvgIpc) is 3.62. The van der Waals surface area contributed by atoms with Crippen LogP contribution in [0.15, 0.2) is 41.1 Å². The second-order valence-electron chi connectivity index (χ2n) is 11.8. The largest absolute Gasteiger partial charge is 0.382 e. The molecule has 4 aromatic rings. The predicted octanol–water partition coefficient (Wildman–Crippen LogP) is 4.42. The van der Waals surface area contributed by atoms with E-state index in [2.05, 4.69) is 37.9 Å². The first-order valence-corrected chi connectivity index (χ1v) is 14.2. The van der Waals surface area contributed by atoms with Gasteiger partial charge >= 0.3 is 6.03 Å². The number of carbonyl (C=O) groups excluding carboxylic acids is 2. The highest BCUT2D eigenvalue weighted by atomic mass is 19.1. The van der Waals surface area contributed by atoms with Crippen molar-refractivity contribution in [1.29, 1.82) is 0 Å². The Morgan fingerprint density at radius 1 is 1.23 bits per heavy atom. The molecule has 3 aromatic heterocycles. The highest BCUT2D eigenvalue weighted by Crippen LogP contribution is 2.34. The third-order valence-electron chi connectivity index (χ3n) is 7.78. The minimum absolute atomic E-state index is 0.0122. The van der Waals surface area contributed by atoms with E-state index in [1.165, 1.54) is 26.0 Å². The molecule has 0 unspecified atom stereocenters. The summed E-state index contributed by atoms with van der Waals surface area (Å²) in [6.07, 6.45) is 3.35. The minimum Gasteiger partial charge on any atom is -0.382 e. The summed E-state index contributed by atoms with van der Waals surface area (Å²) >= 11 is 0. The number of halogens is 1. The number of hydrogen-bond donors (Lipinski definition) is 4. The Bertz CT molecular complexity index is 1640. The summed E-state index contributed by atoms with van der Waals surface area (Å²) in [5, 5.41) is 28.1. The molecule has 1 aromatic carbocycles.